The number of carbonyl (C=O) groups is 2. The Kier molecular flexibility index (Phi) is 6.35. The van der Waals surface area contributed by atoms with E-state index >= 15 is 0 Å². The van der Waals surface area contributed by atoms with Gasteiger partial charge in [0.15, 0.2) is 27.4 Å². The largest absolute Gasteiger partial charge is 0.493 e. The highest BCUT2D eigenvalue weighted by molar-refractivity contribution is 7.91. The van der Waals surface area contributed by atoms with Crippen molar-refractivity contribution in [1.29, 1.82) is 0 Å². The van der Waals surface area contributed by atoms with E-state index in [1.165, 1.54) is 33.3 Å². The molecule has 1 amide bonds. The van der Waals surface area contributed by atoms with Gasteiger partial charge in [-0.2, -0.15) is 0 Å². The van der Waals surface area contributed by atoms with Gasteiger partial charge >= 0.3 is 5.97 Å². The summed E-state index contributed by atoms with van der Waals surface area (Å²) in [5.41, 5.74) is 0.0933. The molecule has 0 unspecified atom stereocenters. The summed E-state index contributed by atoms with van der Waals surface area (Å²) in [7, 11) is -0.303. The minimum Gasteiger partial charge on any atom is -0.493 e. The van der Waals surface area contributed by atoms with Crippen LogP contribution < -0.4 is 14.8 Å². The molecule has 0 saturated carbocycles. The smallest absolute Gasteiger partial charge is 0.339 e. The van der Waals surface area contributed by atoms with E-state index in [-0.39, 0.29) is 33.6 Å². The second-order valence-electron chi connectivity index (χ2n) is 5.85. The topological polar surface area (TPSA) is 108 Å². The van der Waals surface area contributed by atoms with Gasteiger partial charge in [-0.25, -0.2) is 13.2 Å². The summed E-state index contributed by atoms with van der Waals surface area (Å²) >= 11 is 6.05. The number of nitrogens with one attached hydrogen (secondary N) is 1. The fourth-order valence-electron chi connectivity index (χ4n) is 2.55. The van der Waals surface area contributed by atoms with Crippen molar-refractivity contribution in [3.63, 3.8) is 0 Å². The molecular weight excluding hydrogens is 386 g/mol. The third-order valence-electron chi connectivity index (χ3n) is 3.90. The maximum absolute atomic E-state index is 12.3. The zero-order valence-corrected chi connectivity index (χ0v) is 16.1. The molecule has 0 aromatic heterocycles. The van der Waals surface area contributed by atoms with Crippen LogP contribution in [0, 0.1) is 0 Å². The van der Waals surface area contributed by atoms with Gasteiger partial charge in [0.2, 0.25) is 0 Å². The number of hydrogen-bond donors (Lipinski definition) is 1. The van der Waals surface area contributed by atoms with Crippen molar-refractivity contribution >= 4 is 33.3 Å². The van der Waals surface area contributed by atoms with Crippen LogP contribution in [-0.4, -0.2) is 58.2 Å². The number of halogens is 1. The van der Waals surface area contributed by atoms with E-state index in [4.69, 9.17) is 25.8 Å². The number of ether oxygens (including phenoxy) is 3. The van der Waals surface area contributed by atoms with Crippen LogP contribution in [-0.2, 0) is 19.4 Å². The van der Waals surface area contributed by atoms with Gasteiger partial charge in [0.1, 0.15) is 0 Å². The van der Waals surface area contributed by atoms with E-state index in [1.807, 2.05) is 0 Å². The summed E-state index contributed by atoms with van der Waals surface area (Å²) in [4.78, 5) is 24.4. The fourth-order valence-corrected chi connectivity index (χ4v) is 4.51. The molecule has 2 atom stereocenters. The first-order chi connectivity index (χ1) is 12.2. The van der Waals surface area contributed by atoms with Crippen molar-refractivity contribution in [1.82, 2.24) is 5.32 Å². The monoisotopic (exact) mass is 405 g/mol. The Morgan fingerprint density at radius 3 is 2.50 bits per heavy atom. The predicted octanol–water partition coefficient (Wildman–Crippen LogP) is 1.21. The number of rotatable bonds is 6. The van der Waals surface area contributed by atoms with Gasteiger partial charge in [-0.15, -0.1) is 0 Å². The molecule has 2 rings (SSSR count). The second kappa shape index (κ2) is 8.13. The number of hydrogen-bond acceptors (Lipinski definition) is 7. The van der Waals surface area contributed by atoms with E-state index in [0.29, 0.717) is 6.42 Å². The van der Waals surface area contributed by atoms with Crippen LogP contribution in [0.1, 0.15) is 23.7 Å². The molecule has 1 aromatic carbocycles. The Hall–Kier alpha value is -2.00. The highest BCUT2D eigenvalue weighted by Crippen LogP contribution is 2.36. The van der Waals surface area contributed by atoms with Crippen molar-refractivity contribution in [2.45, 2.75) is 25.5 Å². The Labute approximate surface area is 156 Å². The zero-order valence-electron chi connectivity index (χ0n) is 14.6. The second-order valence-corrected chi connectivity index (χ2v) is 8.49. The molecule has 26 heavy (non-hydrogen) atoms. The van der Waals surface area contributed by atoms with E-state index in [0.717, 1.165) is 0 Å². The van der Waals surface area contributed by atoms with Crippen LogP contribution in [0.2, 0.25) is 5.02 Å². The average Bonchev–Trinajstić information content (AvgIpc) is 2.92. The number of amides is 1. The number of methoxy groups -OCH3 is 2. The van der Waals surface area contributed by atoms with E-state index in [2.05, 4.69) is 5.32 Å². The molecule has 1 N–H and O–H groups in total. The molecule has 8 nitrogen and oxygen atoms in total. The van der Waals surface area contributed by atoms with E-state index < -0.39 is 33.9 Å². The minimum absolute atomic E-state index is 0.0380. The maximum atomic E-state index is 12.3. The van der Waals surface area contributed by atoms with E-state index in [9.17, 15) is 18.0 Å². The quantitative estimate of drug-likeness (QED) is 0.708. The lowest BCUT2D eigenvalue weighted by molar-refractivity contribution is -0.129. The van der Waals surface area contributed by atoms with Gasteiger partial charge in [0, 0.05) is 6.04 Å². The normalized spacial score (nSPS) is 19.5. The van der Waals surface area contributed by atoms with Crippen molar-refractivity contribution < 1.29 is 32.2 Å². The van der Waals surface area contributed by atoms with Crippen LogP contribution >= 0.6 is 11.6 Å². The fraction of sp³-hybridized carbons (Fsp3) is 0.500. The molecule has 1 fully saturated rings. The summed E-state index contributed by atoms with van der Waals surface area (Å²) in [6.07, 6.45) is -0.752. The minimum atomic E-state index is -3.11. The molecule has 1 aliphatic rings. The molecule has 1 saturated heterocycles. The third-order valence-corrected chi connectivity index (χ3v) is 5.95. The van der Waals surface area contributed by atoms with Crippen LogP contribution in [0.25, 0.3) is 0 Å². The number of esters is 1. The average molecular weight is 406 g/mol. The van der Waals surface area contributed by atoms with Crippen LogP contribution in [0.4, 0.5) is 0 Å². The first-order valence-corrected chi connectivity index (χ1v) is 10.00. The highest BCUT2D eigenvalue weighted by atomic mass is 35.5. The first kappa shape index (κ1) is 20.3. The molecule has 144 valence electrons. The Morgan fingerprint density at radius 2 is 1.96 bits per heavy atom. The summed E-state index contributed by atoms with van der Waals surface area (Å²) in [5.74, 6) is -0.873. The van der Waals surface area contributed by atoms with Crippen LogP contribution in [0.5, 0.6) is 11.5 Å². The Balaban J connectivity index is 2.02. The summed E-state index contributed by atoms with van der Waals surface area (Å²) < 4.78 is 38.2. The van der Waals surface area contributed by atoms with Crippen molar-refractivity contribution in [2.75, 3.05) is 25.7 Å². The first-order valence-electron chi connectivity index (χ1n) is 7.80. The van der Waals surface area contributed by atoms with E-state index in [1.54, 1.807) is 0 Å². The van der Waals surface area contributed by atoms with Gasteiger partial charge in [0.05, 0.1) is 36.3 Å². The number of carbonyl (C=O) groups excluding carboxylic acids is 2. The lowest BCUT2D eigenvalue weighted by atomic mass is 10.2. The summed E-state index contributed by atoms with van der Waals surface area (Å²) in [5, 5.41) is 2.74. The molecule has 0 radical (unpaired) electrons. The third kappa shape index (κ3) is 4.79. The summed E-state index contributed by atoms with van der Waals surface area (Å²) in [6.45, 7) is 1.40. The molecule has 1 aliphatic heterocycles. The molecular formula is C16H20ClNO7S. The van der Waals surface area contributed by atoms with Gasteiger partial charge in [-0.05, 0) is 25.5 Å². The Bertz CT molecular complexity index is 809. The Morgan fingerprint density at radius 1 is 1.27 bits per heavy atom. The van der Waals surface area contributed by atoms with Gasteiger partial charge < -0.3 is 19.5 Å². The number of benzene rings is 1. The highest BCUT2D eigenvalue weighted by Gasteiger charge is 2.31. The van der Waals surface area contributed by atoms with Gasteiger partial charge in [-0.3, -0.25) is 4.79 Å². The maximum Gasteiger partial charge on any atom is 0.339 e. The molecule has 1 aromatic rings. The standard InChI is InChI=1S/C16H20ClNO7S/c1-9(15(19)18-11-4-5-26(21,22)8-11)25-16(20)10-6-12(17)14(24-3)13(7-10)23-2/h6-7,9,11H,4-5,8H2,1-3H3,(H,18,19)/t9-,11+/m1/s1. The SMILES string of the molecule is COc1cc(C(=O)O[C@H](C)C(=O)N[C@H]2CCS(=O)(=O)C2)cc(Cl)c1OC. The lowest BCUT2D eigenvalue weighted by Gasteiger charge is -2.17. The summed E-state index contributed by atoms with van der Waals surface area (Å²) in [6, 6.07) is 2.27. The molecule has 0 aliphatic carbocycles. The number of sulfone groups is 1. The van der Waals surface area contributed by atoms with Crippen molar-refractivity contribution in [3.05, 3.63) is 22.7 Å². The van der Waals surface area contributed by atoms with Crippen molar-refractivity contribution in [3.8, 4) is 11.5 Å². The molecule has 10 heteroatoms. The van der Waals surface area contributed by atoms with Crippen LogP contribution in [0.15, 0.2) is 12.1 Å². The van der Waals surface area contributed by atoms with Crippen LogP contribution in [0.3, 0.4) is 0 Å². The lowest BCUT2D eigenvalue weighted by Crippen LogP contribution is -2.42. The van der Waals surface area contributed by atoms with Crippen molar-refractivity contribution in [2.24, 2.45) is 0 Å². The molecule has 1 heterocycles. The van der Waals surface area contributed by atoms with Gasteiger partial charge in [0.25, 0.3) is 5.91 Å². The predicted molar refractivity (Wildman–Crippen MR) is 94.6 cm³/mol. The molecule has 0 spiro atoms. The van der Waals surface area contributed by atoms with Gasteiger partial charge in [-0.1, -0.05) is 11.6 Å². The zero-order chi connectivity index (χ0) is 19.5. The molecule has 0 bridgehead atoms.